The predicted molar refractivity (Wildman–Crippen MR) is 132 cm³/mol. The first-order chi connectivity index (χ1) is 16.2. The normalized spacial score (nSPS) is 24.9. The number of anilines is 1. The van der Waals surface area contributed by atoms with Crippen LogP contribution in [-0.4, -0.2) is 50.4 Å². The summed E-state index contributed by atoms with van der Waals surface area (Å²) in [4.78, 5) is 11.2. The van der Waals surface area contributed by atoms with Crippen molar-refractivity contribution in [2.45, 2.75) is 44.6 Å². The Kier molecular flexibility index (Phi) is 5.26. The largest absolute Gasteiger partial charge is 0.493 e. The molecule has 4 heterocycles. The molecule has 0 fully saturated rings. The number of hydrogen-bond donors (Lipinski definition) is 1. The molecule has 2 aromatic rings. The fraction of sp³-hybridized carbons (Fsp3) is 0.400. The third kappa shape index (κ3) is 3.24. The second-order valence-electron chi connectivity index (χ2n) is 9.12. The number of sulfone groups is 1. The number of likely N-dealkylation sites (N-methyl/N-ethyl adjacent to an activating group) is 1. The van der Waals surface area contributed by atoms with Gasteiger partial charge in [0.1, 0.15) is 11.9 Å². The van der Waals surface area contributed by atoms with Gasteiger partial charge in [0.2, 0.25) is 0 Å². The van der Waals surface area contributed by atoms with Gasteiger partial charge in [0.15, 0.2) is 9.84 Å². The Morgan fingerprint density at radius 2 is 2.00 bits per heavy atom. The average Bonchev–Trinajstić information content (AvgIpc) is 2.98. The second-order valence-corrected chi connectivity index (χ2v) is 11.4. The number of pyridine rings is 1. The monoisotopic (exact) mass is 477 g/mol. The van der Waals surface area contributed by atoms with E-state index in [0.29, 0.717) is 24.4 Å². The van der Waals surface area contributed by atoms with Crippen LogP contribution in [0.15, 0.2) is 28.8 Å². The first kappa shape index (κ1) is 22.6. The van der Waals surface area contributed by atoms with Crippen LogP contribution in [0.3, 0.4) is 0 Å². The lowest BCUT2D eigenvalue weighted by atomic mass is 9.83. The van der Waals surface area contributed by atoms with Crippen molar-refractivity contribution >= 4 is 27.3 Å². The van der Waals surface area contributed by atoms with Crippen LogP contribution in [0.5, 0.6) is 5.75 Å². The molecule has 34 heavy (non-hydrogen) atoms. The molecule has 0 spiro atoms. The van der Waals surface area contributed by atoms with Gasteiger partial charge in [0.05, 0.1) is 46.7 Å². The fourth-order valence-electron chi connectivity index (χ4n) is 5.35. The number of aryl methyl sites for hydroxylation is 2. The van der Waals surface area contributed by atoms with Crippen LogP contribution < -0.4 is 15.4 Å². The van der Waals surface area contributed by atoms with Gasteiger partial charge in [-0.3, -0.25) is 9.98 Å². The molecule has 0 saturated carbocycles. The molecular formula is C25H27N5O3S. The van der Waals surface area contributed by atoms with Crippen molar-refractivity contribution in [3.8, 4) is 11.8 Å². The van der Waals surface area contributed by atoms with Crippen LogP contribution in [0.2, 0.25) is 0 Å². The van der Waals surface area contributed by atoms with E-state index in [1.54, 1.807) is 0 Å². The smallest absolute Gasteiger partial charge is 0.160 e. The van der Waals surface area contributed by atoms with Crippen molar-refractivity contribution in [3.63, 3.8) is 0 Å². The number of benzene rings is 1. The molecule has 3 atom stereocenters. The summed E-state index contributed by atoms with van der Waals surface area (Å²) in [5, 5.41) is 9.52. The molecule has 0 bridgehead atoms. The number of nitrogens with two attached hydrogens (primary N) is 1. The summed E-state index contributed by atoms with van der Waals surface area (Å²) in [5.74, 6) is 0.576. The highest BCUT2D eigenvalue weighted by Crippen LogP contribution is 2.46. The molecule has 5 rings (SSSR count). The van der Waals surface area contributed by atoms with Crippen molar-refractivity contribution in [2.75, 3.05) is 24.3 Å². The first-order valence-corrected chi connectivity index (χ1v) is 13.0. The van der Waals surface area contributed by atoms with E-state index in [4.69, 9.17) is 15.5 Å². The zero-order chi connectivity index (χ0) is 24.4. The number of nitriles is 1. The number of ether oxygens (including phenoxy) is 1. The number of aliphatic imine (C=N–C) groups is 1. The summed E-state index contributed by atoms with van der Waals surface area (Å²) < 4.78 is 31.5. The highest BCUT2D eigenvalue weighted by molar-refractivity contribution is 7.92. The molecule has 176 valence electrons. The lowest BCUT2D eigenvalue weighted by Gasteiger charge is -2.37. The van der Waals surface area contributed by atoms with E-state index >= 15 is 0 Å². The third-order valence-corrected chi connectivity index (χ3v) is 9.23. The number of hydrogen-bond acceptors (Lipinski definition) is 8. The lowest BCUT2D eigenvalue weighted by Crippen LogP contribution is -2.44. The predicted octanol–water partition coefficient (Wildman–Crippen LogP) is 2.76. The minimum Gasteiger partial charge on any atom is -0.493 e. The van der Waals surface area contributed by atoms with E-state index in [2.05, 4.69) is 11.1 Å². The van der Waals surface area contributed by atoms with Crippen molar-refractivity contribution in [1.29, 1.82) is 5.26 Å². The summed E-state index contributed by atoms with van der Waals surface area (Å²) in [6.07, 6.45) is 1.25. The second kappa shape index (κ2) is 7.93. The molecule has 8 nitrogen and oxygen atoms in total. The van der Waals surface area contributed by atoms with E-state index in [1.807, 2.05) is 50.9 Å². The maximum absolute atomic E-state index is 12.8. The van der Waals surface area contributed by atoms with Gasteiger partial charge in [-0.15, -0.1) is 0 Å². The van der Waals surface area contributed by atoms with Crippen LogP contribution in [-0.2, 0) is 9.84 Å². The molecule has 3 aliphatic heterocycles. The van der Waals surface area contributed by atoms with E-state index in [1.165, 1.54) is 6.21 Å². The van der Waals surface area contributed by atoms with E-state index in [-0.39, 0.29) is 5.75 Å². The first-order valence-electron chi connectivity index (χ1n) is 11.3. The van der Waals surface area contributed by atoms with Gasteiger partial charge in [-0.25, -0.2) is 8.42 Å². The van der Waals surface area contributed by atoms with E-state index in [9.17, 15) is 13.7 Å². The highest BCUT2D eigenvalue weighted by atomic mass is 32.2. The number of rotatable bonds is 1. The lowest BCUT2D eigenvalue weighted by molar-refractivity contribution is 0.316. The van der Waals surface area contributed by atoms with Gasteiger partial charge < -0.3 is 15.4 Å². The van der Waals surface area contributed by atoms with Crippen LogP contribution in [0.4, 0.5) is 5.69 Å². The topological polar surface area (TPSA) is 122 Å². The van der Waals surface area contributed by atoms with Gasteiger partial charge in [0, 0.05) is 42.1 Å². The van der Waals surface area contributed by atoms with Crippen molar-refractivity contribution < 1.29 is 13.2 Å². The number of aromatic nitrogens is 1. The zero-order valence-electron chi connectivity index (χ0n) is 19.7. The van der Waals surface area contributed by atoms with Gasteiger partial charge >= 0.3 is 0 Å². The molecule has 0 aliphatic carbocycles. The molecule has 2 N–H and O–H groups in total. The Bertz CT molecular complexity index is 1420. The Morgan fingerprint density at radius 1 is 1.24 bits per heavy atom. The van der Waals surface area contributed by atoms with Crippen molar-refractivity contribution in [2.24, 2.45) is 10.7 Å². The summed E-state index contributed by atoms with van der Waals surface area (Å²) in [6, 6.07) is 7.49. The van der Waals surface area contributed by atoms with Crippen LogP contribution in [0.1, 0.15) is 46.1 Å². The molecule has 1 aromatic heterocycles. The zero-order valence-corrected chi connectivity index (χ0v) is 20.5. The molecule has 3 unspecified atom stereocenters. The van der Waals surface area contributed by atoms with Crippen molar-refractivity contribution in [3.05, 3.63) is 57.4 Å². The maximum Gasteiger partial charge on any atom is 0.160 e. The standard InChI is InChI=1S/C25H27N5O3S/c1-13-14(2)29-15(3)24-21(13)22(18(12-26)25(27)30(24)4)16-5-6-19-17(11-16)23-20(7-9-33-19)34(31,32)10-8-28-23/h5-6,8,11,20,23,25H,7,9-10,27H2,1-4H3. The van der Waals surface area contributed by atoms with E-state index in [0.717, 1.165) is 44.9 Å². The molecule has 0 saturated heterocycles. The minimum atomic E-state index is -3.31. The minimum absolute atomic E-state index is 0.0494. The van der Waals surface area contributed by atoms with Gasteiger partial charge in [-0.2, -0.15) is 5.26 Å². The number of fused-ring (bicyclic) bond motifs is 4. The van der Waals surface area contributed by atoms with Crippen LogP contribution in [0, 0.1) is 32.1 Å². The SMILES string of the molecule is Cc1nc(C)c2c(c1C)C(c1ccc3c(c1)C1N=CCS(=O)(=O)C1CCO3)=C(C#N)C(N)N2C. The van der Waals surface area contributed by atoms with Crippen LogP contribution in [0.25, 0.3) is 5.57 Å². The summed E-state index contributed by atoms with van der Waals surface area (Å²) >= 11 is 0. The third-order valence-electron chi connectivity index (χ3n) is 7.20. The summed E-state index contributed by atoms with van der Waals surface area (Å²) in [6.45, 7) is 6.22. The molecule has 1 aromatic carbocycles. The average molecular weight is 478 g/mol. The Balaban J connectivity index is 1.78. The molecule has 9 heteroatoms. The fourth-order valence-corrected chi connectivity index (χ4v) is 6.95. The summed E-state index contributed by atoms with van der Waals surface area (Å²) in [5.41, 5.74) is 13.8. The van der Waals surface area contributed by atoms with Gasteiger partial charge in [0.25, 0.3) is 0 Å². The van der Waals surface area contributed by atoms with Gasteiger partial charge in [-0.05, 0) is 44.0 Å². The van der Waals surface area contributed by atoms with Gasteiger partial charge in [-0.1, -0.05) is 6.07 Å². The molecule has 0 radical (unpaired) electrons. The quantitative estimate of drug-likeness (QED) is 0.670. The molecule has 0 amide bonds. The summed E-state index contributed by atoms with van der Waals surface area (Å²) in [7, 11) is -1.44. The maximum atomic E-state index is 12.8. The van der Waals surface area contributed by atoms with Crippen LogP contribution >= 0.6 is 0 Å². The molecule has 3 aliphatic rings. The Hall–Kier alpha value is -3.22. The Morgan fingerprint density at radius 3 is 2.74 bits per heavy atom. The van der Waals surface area contributed by atoms with E-state index < -0.39 is 27.3 Å². The van der Waals surface area contributed by atoms with Crippen molar-refractivity contribution in [1.82, 2.24) is 4.98 Å². The Labute approximate surface area is 199 Å². The number of nitrogens with zero attached hydrogens (tertiary/aromatic N) is 4. The highest BCUT2D eigenvalue weighted by Gasteiger charge is 2.40. The molecular weight excluding hydrogens is 450 g/mol.